The van der Waals surface area contributed by atoms with Gasteiger partial charge in [-0.2, -0.15) is 0 Å². The Morgan fingerprint density at radius 3 is 2.35 bits per heavy atom. The van der Waals surface area contributed by atoms with E-state index in [1.165, 1.54) is 0 Å². The van der Waals surface area contributed by atoms with Gasteiger partial charge in [-0.15, -0.1) is 0 Å². The maximum atomic E-state index is 12.8. The highest BCUT2D eigenvalue weighted by molar-refractivity contribution is 9.11. The normalized spacial score (nSPS) is 11.6. The maximum Gasteiger partial charge on any atom is 0.204 e. The van der Waals surface area contributed by atoms with Crippen LogP contribution in [0.1, 0.15) is 0 Å². The molecule has 0 spiro atoms. The molecule has 0 fully saturated rings. The molecule has 0 aliphatic heterocycles. The molecule has 4 nitrogen and oxygen atoms in total. The number of phenols is 2. The summed E-state index contributed by atoms with van der Waals surface area (Å²) in [6.07, 6.45) is 0. The van der Waals surface area contributed by atoms with Gasteiger partial charge in [0.2, 0.25) is 5.43 Å². The summed E-state index contributed by atoms with van der Waals surface area (Å²) in [6, 6.07) is 11.1. The minimum atomic E-state index is -0.356. The van der Waals surface area contributed by atoms with Crippen LogP contribution in [0.5, 0.6) is 11.5 Å². The average Bonchev–Trinajstić information content (AvgIpc) is 2.57. The molecular formula is C17H8Br2O4. The summed E-state index contributed by atoms with van der Waals surface area (Å²) in [5.74, 6) is -0.567. The Balaban J connectivity index is 2.37. The minimum Gasteiger partial charge on any atom is -0.506 e. The second-order valence-electron chi connectivity index (χ2n) is 5.12. The molecule has 3 aromatic carbocycles. The van der Waals surface area contributed by atoms with Gasteiger partial charge in [0.15, 0.2) is 11.3 Å². The van der Waals surface area contributed by atoms with Gasteiger partial charge >= 0.3 is 0 Å². The number of aromatic hydroxyl groups is 2. The quantitative estimate of drug-likeness (QED) is 0.300. The predicted molar refractivity (Wildman–Crippen MR) is 96.2 cm³/mol. The second kappa shape index (κ2) is 4.97. The average molecular weight is 436 g/mol. The summed E-state index contributed by atoms with van der Waals surface area (Å²) >= 11 is 6.30. The monoisotopic (exact) mass is 434 g/mol. The standard InChI is InChI=1S/C17H8Br2O4/c18-11-14(21)10-13(20)9-6-5-7-3-1-2-4-8(7)16(9)23-17(10)12(19)15(11)22/h1-6,21-22H. The number of benzene rings is 3. The van der Waals surface area contributed by atoms with Crippen LogP contribution in [0.4, 0.5) is 0 Å². The first-order valence-electron chi connectivity index (χ1n) is 6.68. The lowest BCUT2D eigenvalue weighted by atomic mass is 10.1. The van der Waals surface area contributed by atoms with Crippen LogP contribution in [0.25, 0.3) is 32.7 Å². The topological polar surface area (TPSA) is 70.7 Å². The lowest BCUT2D eigenvalue weighted by Crippen LogP contribution is -2.03. The van der Waals surface area contributed by atoms with Crippen molar-refractivity contribution in [2.45, 2.75) is 0 Å². The fraction of sp³-hybridized carbons (Fsp3) is 0. The Bertz CT molecular complexity index is 1180. The molecule has 0 aliphatic carbocycles. The largest absolute Gasteiger partial charge is 0.506 e. The fourth-order valence-electron chi connectivity index (χ4n) is 2.72. The molecule has 2 N–H and O–H groups in total. The Hall–Kier alpha value is -2.05. The van der Waals surface area contributed by atoms with E-state index in [4.69, 9.17) is 4.42 Å². The van der Waals surface area contributed by atoms with Gasteiger partial charge in [-0.1, -0.05) is 30.3 Å². The SMILES string of the molecule is O=c1c2ccc3ccccc3c2oc2c(Br)c(O)c(Br)c(O)c12. The second-order valence-corrected chi connectivity index (χ2v) is 6.71. The molecule has 0 amide bonds. The third kappa shape index (κ3) is 1.91. The van der Waals surface area contributed by atoms with Gasteiger partial charge in [0.05, 0.1) is 5.39 Å². The minimum absolute atomic E-state index is 0.0179. The molecule has 0 radical (unpaired) electrons. The van der Waals surface area contributed by atoms with Crippen molar-refractivity contribution >= 4 is 64.6 Å². The van der Waals surface area contributed by atoms with Crippen LogP contribution in [0.2, 0.25) is 0 Å². The van der Waals surface area contributed by atoms with Crippen molar-refractivity contribution in [1.82, 2.24) is 0 Å². The molecule has 4 rings (SSSR count). The highest BCUT2D eigenvalue weighted by atomic mass is 79.9. The summed E-state index contributed by atoms with van der Waals surface area (Å²) < 4.78 is 6.16. The number of fused-ring (bicyclic) bond motifs is 4. The molecule has 1 heterocycles. The Morgan fingerprint density at radius 1 is 0.826 bits per heavy atom. The summed E-state index contributed by atoms with van der Waals surface area (Å²) in [5, 5.41) is 22.4. The van der Waals surface area contributed by atoms with Crippen molar-refractivity contribution in [3.63, 3.8) is 0 Å². The number of halogens is 2. The highest BCUT2D eigenvalue weighted by Crippen LogP contribution is 2.45. The van der Waals surface area contributed by atoms with E-state index in [9.17, 15) is 15.0 Å². The fourth-order valence-corrected chi connectivity index (χ4v) is 3.86. The summed E-state index contributed by atoms with van der Waals surface area (Å²) in [6.45, 7) is 0. The summed E-state index contributed by atoms with van der Waals surface area (Å²) in [5.41, 5.74) is 0.172. The smallest absolute Gasteiger partial charge is 0.204 e. The molecule has 0 bridgehead atoms. The molecule has 6 heteroatoms. The molecule has 0 saturated heterocycles. The van der Waals surface area contributed by atoms with Gasteiger partial charge in [-0.05, 0) is 43.3 Å². The van der Waals surface area contributed by atoms with Crippen LogP contribution in [-0.2, 0) is 0 Å². The van der Waals surface area contributed by atoms with E-state index in [-0.39, 0.29) is 36.8 Å². The highest BCUT2D eigenvalue weighted by Gasteiger charge is 2.22. The maximum absolute atomic E-state index is 12.8. The Kier molecular flexibility index (Phi) is 3.14. The van der Waals surface area contributed by atoms with Gasteiger partial charge in [-0.3, -0.25) is 4.79 Å². The summed E-state index contributed by atoms with van der Waals surface area (Å²) in [7, 11) is 0. The molecule has 0 unspecified atom stereocenters. The van der Waals surface area contributed by atoms with Crippen LogP contribution in [0, 0.1) is 0 Å². The van der Waals surface area contributed by atoms with Crippen molar-refractivity contribution in [3.05, 3.63) is 55.6 Å². The zero-order chi connectivity index (χ0) is 16.3. The van der Waals surface area contributed by atoms with Crippen molar-refractivity contribution < 1.29 is 14.6 Å². The molecule has 114 valence electrons. The third-order valence-electron chi connectivity index (χ3n) is 3.84. The lowest BCUT2D eigenvalue weighted by Gasteiger charge is -2.10. The van der Waals surface area contributed by atoms with E-state index < -0.39 is 0 Å². The van der Waals surface area contributed by atoms with Crippen molar-refractivity contribution in [2.24, 2.45) is 0 Å². The Morgan fingerprint density at radius 2 is 1.57 bits per heavy atom. The number of phenolic OH excluding ortho intramolecular Hbond substituents is 2. The van der Waals surface area contributed by atoms with Gasteiger partial charge in [0.25, 0.3) is 0 Å². The third-order valence-corrected chi connectivity index (χ3v) is 5.33. The molecule has 23 heavy (non-hydrogen) atoms. The van der Waals surface area contributed by atoms with Gasteiger partial charge in [0, 0.05) is 5.39 Å². The van der Waals surface area contributed by atoms with E-state index in [1.54, 1.807) is 6.07 Å². The van der Waals surface area contributed by atoms with Gasteiger partial charge < -0.3 is 14.6 Å². The number of hydrogen-bond acceptors (Lipinski definition) is 4. The Labute approximate surface area is 146 Å². The van der Waals surface area contributed by atoms with Crippen LogP contribution >= 0.6 is 31.9 Å². The number of hydrogen-bond donors (Lipinski definition) is 2. The lowest BCUT2D eigenvalue weighted by molar-refractivity contribution is 0.444. The van der Waals surface area contributed by atoms with E-state index in [0.717, 1.165) is 10.8 Å². The molecular weight excluding hydrogens is 428 g/mol. The van der Waals surface area contributed by atoms with Crippen molar-refractivity contribution in [1.29, 1.82) is 0 Å². The van der Waals surface area contributed by atoms with Crippen molar-refractivity contribution in [2.75, 3.05) is 0 Å². The molecule has 4 aromatic rings. The molecule has 0 saturated carbocycles. The van der Waals surface area contributed by atoms with Crippen molar-refractivity contribution in [3.8, 4) is 11.5 Å². The zero-order valence-electron chi connectivity index (χ0n) is 11.4. The van der Waals surface area contributed by atoms with Crippen LogP contribution < -0.4 is 5.43 Å². The molecule has 1 aromatic heterocycles. The van der Waals surface area contributed by atoms with E-state index >= 15 is 0 Å². The molecule has 0 aliphatic rings. The molecule has 0 atom stereocenters. The number of rotatable bonds is 0. The van der Waals surface area contributed by atoms with Crippen LogP contribution in [-0.4, -0.2) is 10.2 Å². The van der Waals surface area contributed by atoms with E-state index in [0.29, 0.717) is 11.0 Å². The zero-order valence-corrected chi connectivity index (χ0v) is 14.6. The first-order chi connectivity index (χ1) is 11.0. The van der Waals surface area contributed by atoms with Crippen LogP contribution in [0.15, 0.2) is 54.6 Å². The van der Waals surface area contributed by atoms with Gasteiger partial charge in [-0.25, -0.2) is 0 Å². The summed E-state index contributed by atoms with van der Waals surface area (Å²) in [4.78, 5) is 12.8. The first kappa shape index (κ1) is 14.5. The van der Waals surface area contributed by atoms with E-state index in [2.05, 4.69) is 31.9 Å². The first-order valence-corrected chi connectivity index (χ1v) is 8.26. The predicted octanol–water partition coefficient (Wildman–Crippen LogP) is 5.04. The van der Waals surface area contributed by atoms with Crippen LogP contribution in [0.3, 0.4) is 0 Å². The van der Waals surface area contributed by atoms with E-state index in [1.807, 2.05) is 30.3 Å². The van der Waals surface area contributed by atoms with Gasteiger partial charge in [0.1, 0.15) is 25.7 Å².